The van der Waals surface area contributed by atoms with E-state index in [1.54, 1.807) is 42.8 Å². The van der Waals surface area contributed by atoms with E-state index in [4.69, 9.17) is 16.3 Å². The third-order valence-corrected chi connectivity index (χ3v) is 8.32. The Balaban J connectivity index is 1.39. The molecule has 0 bridgehead atoms. The third-order valence-electron chi connectivity index (χ3n) is 8.03. The summed E-state index contributed by atoms with van der Waals surface area (Å²) in [6.45, 7) is 3.74. The van der Waals surface area contributed by atoms with Crippen LogP contribution in [0.4, 0.5) is 10.1 Å². The molecule has 14 nitrogen and oxygen atoms in total. The van der Waals surface area contributed by atoms with E-state index in [0.717, 1.165) is 6.08 Å². The van der Waals surface area contributed by atoms with Gasteiger partial charge in [-0.2, -0.15) is 9.78 Å². The number of aromatic nitrogens is 6. The fraction of sp³-hybridized carbons (Fsp3) is 0.176. The molecular weight excluding hydrogens is 671 g/mol. The van der Waals surface area contributed by atoms with Crippen molar-refractivity contribution < 1.29 is 33.4 Å². The fourth-order valence-electron chi connectivity index (χ4n) is 5.73. The van der Waals surface area contributed by atoms with Crippen LogP contribution >= 0.6 is 11.6 Å². The Bertz CT molecular complexity index is 2150. The van der Waals surface area contributed by atoms with E-state index in [2.05, 4.69) is 25.9 Å². The van der Waals surface area contributed by atoms with Gasteiger partial charge in [-0.05, 0) is 96.4 Å². The normalized spacial score (nSPS) is 14.0. The van der Waals surface area contributed by atoms with Crippen molar-refractivity contribution in [1.82, 2.24) is 34.9 Å². The molecule has 2 amide bonds. The third kappa shape index (κ3) is 6.58. The van der Waals surface area contributed by atoms with Gasteiger partial charge in [0.15, 0.2) is 11.5 Å². The minimum Gasteiger partial charge on any atom is -0.478 e. The Hall–Kier alpha value is -6.22. The molecule has 50 heavy (non-hydrogen) atoms. The zero-order chi connectivity index (χ0) is 35.5. The number of hydrogen-bond acceptors (Lipinski definition) is 9. The summed E-state index contributed by atoms with van der Waals surface area (Å²) in [5, 5.41) is 27.3. The number of esters is 1. The predicted molar refractivity (Wildman–Crippen MR) is 178 cm³/mol. The van der Waals surface area contributed by atoms with Gasteiger partial charge in [0.2, 0.25) is 5.91 Å². The topological polar surface area (TPSA) is 174 Å². The molecule has 16 heteroatoms. The van der Waals surface area contributed by atoms with Crippen molar-refractivity contribution in [3.8, 4) is 11.4 Å². The van der Waals surface area contributed by atoms with Crippen molar-refractivity contribution in [2.24, 2.45) is 0 Å². The maximum Gasteiger partial charge on any atom is 0.358 e. The van der Waals surface area contributed by atoms with Gasteiger partial charge >= 0.3 is 11.9 Å². The molecule has 0 spiro atoms. The summed E-state index contributed by atoms with van der Waals surface area (Å²) in [4.78, 5) is 53.2. The lowest BCUT2D eigenvalue weighted by atomic mass is 9.90. The highest BCUT2D eigenvalue weighted by atomic mass is 35.5. The number of carboxylic acids is 1. The summed E-state index contributed by atoms with van der Waals surface area (Å²) in [5.41, 5.74) is 3.08. The minimum absolute atomic E-state index is 0.0312. The van der Waals surface area contributed by atoms with Gasteiger partial charge < -0.3 is 20.1 Å². The van der Waals surface area contributed by atoms with Crippen LogP contribution in [0.15, 0.2) is 73.1 Å². The van der Waals surface area contributed by atoms with Crippen molar-refractivity contribution in [2.45, 2.75) is 26.3 Å². The monoisotopic (exact) mass is 698 g/mol. The number of carbonyl (C=O) groups is 4. The molecule has 5 aromatic rings. The molecule has 3 heterocycles. The Labute approximate surface area is 288 Å². The molecule has 2 N–H and O–H groups in total. The molecular formula is C34H28ClFN8O6. The van der Waals surface area contributed by atoms with Crippen molar-refractivity contribution in [3.63, 3.8) is 0 Å². The van der Waals surface area contributed by atoms with Crippen molar-refractivity contribution in [2.75, 3.05) is 18.5 Å². The Morgan fingerprint density at radius 1 is 1.10 bits per heavy atom. The summed E-state index contributed by atoms with van der Waals surface area (Å²) >= 11 is 6.06. The molecule has 254 valence electrons. The molecule has 0 aliphatic carbocycles. The molecule has 1 aliphatic heterocycles. The standard InChI is InChI=1S/C34H28ClFN8O6/c1-3-50-34(49)26-17-19(2)44(39-26)28-6-4-5-23-22(28)15-16-42(31(23)32(46)38-21-9-7-20(8-10-21)33(47)48)29(45)14-11-24-27(43-18-37-40-41-43)13-12-25(35)30(24)36/h4-14,17-18,31H,3,15-16H2,1-2H3,(H,38,46)(H,47,48)/b14-11+. The molecule has 0 saturated heterocycles. The number of amides is 2. The first-order valence-electron chi connectivity index (χ1n) is 15.3. The molecule has 1 unspecified atom stereocenters. The van der Waals surface area contributed by atoms with E-state index in [1.807, 2.05) is 0 Å². The Morgan fingerprint density at radius 2 is 1.88 bits per heavy atom. The number of ether oxygens (including phenoxy) is 1. The van der Waals surface area contributed by atoms with Crippen LogP contribution in [0.3, 0.4) is 0 Å². The number of carbonyl (C=O) groups excluding carboxylic acids is 3. The lowest BCUT2D eigenvalue weighted by Gasteiger charge is -2.36. The van der Waals surface area contributed by atoms with Gasteiger partial charge in [0.05, 0.1) is 28.6 Å². The number of carboxylic acid groups (broad SMARTS) is 1. The maximum atomic E-state index is 15.3. The Kier molecular flexibility index (Phi) is 9.49. The highest BCUT2D eigenvalue weighted by Crippen LogP contribution is 2.35. The lowest BCUT2D eigenvalue weighted by Crippen LogP contribution is -2.45. The molecule has 0 saturated carbocycles. The second kappa shape index (κ2) is 14.1. The number of nitrogens with one attached hydrogen (secondary N) is 1. The second-order valence-corrected chi connectivity index (χ2v) is 11.5. The molecule has 1 atom stereocenters. The number of hydrogen-bond donors (Lipinski definition) is 2. The summed E-state index contributed by atoms with van der Waals surface area (Å²) in [5.74, 6) is -3.69. The van der Waals surface area contributed by atoms with Crippen molar-refractivity contribution in [1.29, 1.82) is 0 Å². The number of nitrogens with zero attached hydrogens (tertiary/aromatic N) is 7. The number of halogens is 2. The van der Waals surface area contributed by atoms with Gasteiger partial charge in [0, 0.05) is 29.6 Å². The largest absolute Gasteiger partial charge is 0.478 e. The highest BCUT2D eigenvalue weighted by Gasteiger charge is 2.37. The second-order valence-electron chi connectivity index (χ2n) is 11.1. The molecule has 3 aromatic carbocycles. The zero-order valence-electron chi connectivity index (χ0n) is 26.6. The van der Waals surface area contributed by atoms with E-state index >= 15 is 4.39 Å². The quantitative estimate of drug-likeness (QED) is 0.164. The first kappa shape index (κ1) is 33.7. The smallest absolute Gasteiger partial charge is 0.358 e. The number of rotatable bonds is 9. The lowest BCUT2D eigenvalue weighted by molar-refractivity contribution is -0.135. The number of aryl methyl sites for hydroxylation is 1. The predicted octanol–water partition coefficient (Wildman–Crippen LogP) is 4.60. The number of anilines is 1. The van der Waals surface area contributed by atoms with Crippen LogP contribution in [-0.2, 0) is 20.7 Å². The van der Waals surface area contributed by atoms with Gasteiger partial charge in [0.1, 0.15) is 12.4 Å². The van der Waals surface area contributed by atoms with Gasteiger partial charge in [-0.15, -0.1) is 5.10 Å². The van der Waals surface area contributed by atoms with Crippen molar-refractivity contribution >= 4 is 47.1 Å². The van der Waals surface area contributed by atoms with Crippen LogP contribution in [0.5, 0.6) is 0 Å². The molecule has 1 aliphatic rings. The Morgan fingerprint density at radius 3 is 2.58 bits per heavy atom. The zero-order valence-corrected chi connectivity index (χ0v) is 27.3. The average molecular weight is 699 g/mol. The summed E-state index contributed by atoms with van der Waals surface area (Å²) in [6.07, 6.45) is 3.96. The van der Waals surface area contributed by atoms with E-state index in [0.29, 0.717) is 34.6 Å². The van der Waals surface area contributed by atoms with Crippen LogP contribution < -0.4 is 5.32 Å². The van der Waals surface area contributed by atoms with Crippen LogP contribution in [-0.4, -0.2) is 76.9 Å². The molecule has 0 radical (unpaired) electrons. The first-order valence-corrected chi connectivity index (χ1v) is 15.6. The van der Waals surface area contributed by atoms with Crippen molar-refractivity contribution in [3.05, 3.63) is 118 Å². The summed E-state index contributed by atoms with van der Waals surface area (Å²) < 4.78 is 23.2. The SMILES string of the molecule is CCOC(=O)c1cc(C)n(-c2cccc3c2CCN(C(=O)/C=C/c2c(-n4cnnn4)ccc(Cl)c2F)C3C(=O)Nc2ccc(C(=O)O)cc2)n1. The van der Waals surface area contributed by atoms with Gasteiger partial charge in [-0.3, -0.25) is 9.59 Å². The number of aromatic carboxylic acids is 1. The van der Waals surface area contributed by atoms with E-state index in [1.165, 1.54) is 58.4 Å². The van der Waals surface area contributed by atoms with Crippen LogP contribution in [0.2, 0.25) is 5.02 Å². The van der Waals surface area contributed by atoms with Crippen LogP contribution in [0, 0.1) is 12.7 Å². The summed E-state index contributed by atoms with van der Waals surface area (Å²) in [6, 6.07) is 14.1. The van der Waals surface area contributed by atoms with Gasteiger partial charge in [-0.25, -0.2) is 18.7 Å². The van der Waals surface area contributed by atoms with Crippen LogP contribution in [0.1, 0.15) is 56.2 Å². The minimum atomic E-state index is -1.18. The average Bonchev–Trinajstić information content (AvgIpc) is 3.78. The van der Waals surface area contributed by atoms with E-state index < -0.39 is 35.6 Å². The maximum absolute atomic E-state index is 15.3. The number of benzene rings is 3. The van der Waals surface area contributed by atoms with E-state index in [9.17, 15) is 24.3 Å². The van der Waals surface area contributed by atoms with Crippen LogP contribution in [0.25, 0.3) is 17.5 Å². The summed E-state index contributed by atoms with van der Waals surface area (Å²) in [7, 11) is 0. The number of tetrazole rings is 1. The molecule has 2 aromatic heterocycles. The fourth-order valence-corrected chi connectivity index (χ4v) is 5.90. The molecule has 0 fully saturated rings. The first-order chi connectivity index (χ1) is 24.1. The van der Waals surface area contributed by atoms with E-state index in [-0.39, 0.29) is 40.7 Å². The molecule has 6 rings (SSSR count). The number of fused-ring (bicyclic) bond motifs is 1. The van der Waals surface area contributed by atoms with Gasteiger partial charge in [-0.1, -0.05) is 23.7 Å². The highest BCUT2D eigenvalue weighted by molar-refractivity contribution is 6.31. The van der Waals surface area contributed by atoms with Gasteiger partial charge in [0.25, 0.3) is 5.91 Å².